The minimum absolute atomic E-state index is 0.517. The molecule has 0 aliphatic carbocycles. The van der Waals surface area contributed by atoms with E-state index in [1.807, 2.05) is 103 Å². The zero-order valence-corrected chi connectivity index (χ0v) is 70.8. The summed E-state index contributed by atoms with van der Waals surface area (Å²) in [5.41, 5.74) is 26.8. The van der Waals surface area contributed by atoms with Crippen LogP contribution < -0.4 is 0 Å². The van der Waals surface area contributed by atoms with Crippen molar-refractivity contribution in [2.45, 2.75) is 27.7 Å². The van der Waals surface area contributed by atoms with Crippen LogP contribution in [0.1, 0.15) is 22.3 Å². The van der Waals surface area contributed by atoms with Gasteiger partial charge in [0.25, 0.3) is 0 Å². The third kappa shape index (κ3) is 12.5. The highest BCUT2D eigenvalue weighted by molar-refractivity contribution is 6.34. The fourth-order valence-electron chi connectivity index (χ4n) is 18.3. The summed E-state index contributed by atoms with van der Waals surface area (Å²) in [7, 11) is 0. The molecular weight excluding hydrogens is 1640 g/mol. The second-order valence-electron chi connectivity index (χ2n) is 32.4. The van der Waals surface area contributed by atoms with Crippen LogP contribution in [-0.4, -0.2) is 39.9 Å². The van der Waals surface area contributed by atoms with Crippen LogP contribution in [0.25, 0.3) is 252 Å². The number of hydrogen-bond acceptors (Lipinski definition) is 12. The van der Waals surface area contributed by atoms with Crippen LogP contribution in [0.15, 0.2) is 333 Å². The third-order valence-corrected chi connectivity index (χ3v) is 25.3. The molecule has 0 aliphatic rings. The van der Waals surface area contributed by atoms with Gasteiger partial charge in [-0.25, -0.2) is 39.9 Å². The van der Waals surface area contributed by atoms with E-state index in [1.54, 1.807) is 0 Å². The first-order chi connectivity index (χ1) is 61.6. The maximum absolute atomic E-state index is 6.32. The van der Waals surface area contributed by atoms with Gasteiger partial charge in [0.15, 0.2) is 0 Å². The average molecular weight is 1700 g/mol. The van der Waals surface area contributed by atoms with Crippen LogP contribution in [0.5, 0.6) is 0 Å². The lowest BCUT2D eigenvalue weighted by molar-refractivity contribution is 0.655. The van der Waals surface area contributed by atoms with Crippen molar-refractivity contribution in [3.05, 3.63) is 358 Å². The van der Waals surface area contributed by atoms with E-state index < -0.39 is 0 Å². The Morgan fingerprint density at radius 2 is 0.389 bits per heavy atom. The maximum atomic E-state index is 6.32. The van der Waals surface area contributed by atoms with Crippen molar-refractivity contribution < 1.29 is 17.7 Å². The minimum Gasteiger partial charge on any atom is -0.436 e. The van der Waals surface area contributed by atoms with Crippen molar-refractivity contribution in [2.75, 3.05) is 0 Å². The molecule has 0 atom stereocenters. The molecular formula is C110H64Cl4N8O4. The lowest BCUT2D eigenvalue weighted by Crippen LogP contribution is -1.91. The number of rotatable bonds is 3. The molecule has 0 spiro atoms. The van der Waals surface area contributed by atoms with Gasteiger partial charge in [0, 0.05) is 68.6 Å². The summed E-state index contributed by atoms with van der Waals surface area (Å²) in [5, 5.41) is 24.4. The zero-order valence-electron chi connectivity index (χ0n) is 67.7. The van der Waals surface area contributed by atoms with Gasteiger partial charge in [0.2, 0.25) is 22.9 Å². The number of halogens is 4. The van der Waals surface area contributed by atoms with Crippen molar-refractivity contribution >= 4 is 266 Å². The molecule has 0 aliphatic heterocycles. The van der Waals surface area contributed by atoms with Gasteiger partial charge in [-0.15, -0.1) is 0 Å². The number of fused-ring (bicyclic) bond motifs is 36. The van der Waals surface area contributed by atoms with Gasteiger partial charge < -0.3 is 17.7 Å². The molecule has 0 saturated heterocycles. The number of benzene rings is 19. The van der Waals surface area contributed by atoms with Crippen LogP contribution in [-0.2, 0) is 0 Å². The Bertz CT molecular complexity index is 9360. The Labute approximate surface area is 736 Å². The van der Waals surface area contributed by atoms with Crippen molar-refractivity contribution in [3.63, 3.8) is 0 Å². The number of furan rings is 4. The molecule has 0 saturated carbocycles. The van der Waals surface area contributed by atoms with Gasteiger partial charge in [-0.05, 0) is 207 Å². The summed E-state index contributed by atoms with van der Waals surface area (Å²) in [6, 6.07) is 108. The average Bonchev–Trinajstić information content (AvgIpc) is 1.39. The Balaban J connectivity index is 0.0000000947. The lowest BCUT2D eigenvalue weighted by Gasteiger charge is -2.12. The van der Waals surface area contributed by atoms with Crippen molar-refractivity contribution in [1.82, 2.24) is 39.9 Å². The second-order valence-corrected chi connectivity index (χ2v) is 34.1. The predicted octanol–water partition coefficient (Wildman–Crippen LogP) is 32.2. The minimum atomic E-state index is 0.517. The molecule has 126 heavy (non-hydrogen) atoms. The molecule has 8 aromatic heterocycles. The summed E-state index contributed by atoms with van der Waals surface area (Å²) < 4.78 is 24.2. The molecule has 27 rings (SSSR count). The quantitative estimate of drug-likeness (QED) is 0.155. The number of aryl methyl sites for hydroxylation is 4. The monoisotopic (exact) mass is 1700 g/mol. The second kappa shape index (κ2) is 29.3. The van der Waals surface area contributed by atoms with Crippen molar-refractivity contribution in [2.24, 2.45) is 0 Å². The zero-order chi connectivity index (χ0) is 84.4. The SMILES string of the molecule is Cc1ccc2c(c1)c1cc(C)ccc1c1nc3c(nc21)oc1ccc(Cl)cc13.Cc1ccc2c3ccc(C)cc3c3nc4c(nc3c2c1)oc1ccc(Cl)cc14.Clc1ccc(-c2ccc3oc4nc5c6ccccc6c6ccccc6c5nc4c3c2)cc1.Clc1ccc2oc3nc4c5ccc(-c6ccccc6)cc5c5cc(-c6ccccc6)ccc5c4nc3c2c1. The standard InChI is InChI=1S/C34H19ClN2O.C28H15ClN2O.2C24H15ClN2O/c35-24-13-16-30-29(19-24)33-34(38-30)37-32-26-15-12-23(21-9-5-2-6-10-21)18-28(26)27-17-22(20-7-3-1-4-8-20)11-14-25(27)31(32)36-33;29-18-12-9-16(10-13-18)17-11-14-24-23(15-17)27-28(32-24)31-26-22-8-4-2-6-20(22)19-5-1-3-7-21(19)25(26)30-27;1-12-3-6-15-17(9-12)18-10-13(2)4-7-16(18)22-21(15)26-23-19-11-14(25)5-8-20(19)28-24(23)27-22;1-12-3-6-15-16-7-4-13(2)10-18(16)22-21(17(15)9-12)26-23-19-11-14(25)5-8-20(19)28-24(23)27-22/h1-19H;1-15H;2*3-11H,1-2H3. The van der Waals surface area contributed by atoms with Crippen LogP contribution >= 0.6 is 46.4 Å². The largest absolute Gasteiger partial charge is 0.436 e. The Kier molecular flexibility index (Phi) is 17.4. The first kappa shape index (κ1) is 74.8. The smallest absolute Gasteiger partial charge is 0.246 e. The maximum Gasteiger partial charge on any atom is 0.246 e. The van der Waals surface area contributed by atoms with E-state index in [0.29, 0.717) is 37.9 Å². The fraction of sp³-hybridized carbons (Fsp3) is 0.0364. The van der Waals surface area contributed by atoms with E-state index >= 15 is 0 Å². The lowest BCUT2D eigenvalue weighted by atomic mass is 9.93. The number of aromatic nitrogens is 8. The van der Waals surface area contributed by atoms with Gasteiger partial charge >= 0.3 is 0 Å². The molecule has 596 valence electrons. The molecule has 27 aromatic rings. The number of nitrogens with zero attached hydrogens (tertiary/aromatic N) is 8. The highest BCUT2D eigenvalue weighted by atomic mass is 35.5. The molecule has 12 nitrogen and oxygen atoms in total. The van der Waals surface area contributed by atoms with Crippen molar-refractivity contribution in [1.29, 1.82) is 0 Å². The molecule has 0 fully saturated rings. The van der Waals surface area contributed by atoms with E-state index in [2.05, 4.69) is 240 Å². The summed E-state index contributed by atoms with van der Waals surface area (Å²) in [6.45, 7) is 8.43. The first-order valence-corrected chi connectivity index (χ1v) is 42.9. The van der Waals surface area contributed by atoms with Crippen LogP contribution in [0, 0.1) is 27.7 Å². The first-order valence-electron chi connectivity index (χ1n) is 41.4. The van der Waals surface area contributed by atoms with E-state index in [1.165, 1.54) is 71.3 Å². The predicted molar refractivity (Wildman–Crippen MR) is 523 cm³/mol. The van der Waals surface area contributed by atoms with E-state index in [9.17, 15) is 0 Å². The van der Waals surface area contributed by atoms with Gasteiger partial charge in [0.05, 0.1) is 38.2 Å². The molecule has 0 unspecified atom stereocenters. The summed E-state index contributed by atoms with van der Waals surface area (Å²) >= 11 is 24.8. The third-order valence-electron chi connectivity index (χ3n) is 24.3. The fourth-order valence-corrected chi connectivity index (χ4v) is 19.0. The van der Waals surface area contributed by atoms with Gasteiger partial charge in [-0.2, -0.15) is 0 Å². The van der Waals surface area contributed by atoms with Crippen molar-refractivity contribution in [3.8, 4) is 33.4 Å². The summed E-state index contributed by atoms with van der Waals surface area (Å²) in [6.07, 6.45) is 0. The highest BCUT2D eigenvalue weighted by Crippen LogP contribution is 2.45. The molecule has 0 bridgehead atoms. The van der Waals surface area contributed by atoms with Gasteiger partial charge in [-0.3, -0.25) is 0 Å². The van der Waals surface area contributed by atoms with E-state index in [0.717, 1.165) is 186 Å². The molecule has 16 heteroatoms. The molecule has 19 aromatic carbocycles. The molecule has 8 heterocycles. The summed E-state index contributed by atoms with van der Waals surface area (Å²) in [5.74, 6) is 0. The number of hydrogen-bond donors (Lipinski definition) is 0. The Hall–Kier alpha value is -15.0. The van der Waals surface area contributed by atoms with E-state index in [-0.39, 0.29) is 0 Å². The Morgan fingerprint density at radius 3 is 0.762 bits per heavy atom. The van der Waals surface area contributed by atoms with Crippen LogP contribution in [0.4, 0.5) is 0 Å². The summed E-state index contributed by atoms with van der Waals surface area (Å²) in [4.78, 5) is 40.2. The normalized spacial score (nSPS) is 12.0. The van der Waals surface area contributed by atoms with E-state index in [4.69, 9.17) is 104 Å². The van der Waals surface area contributed by atoms with Crippen LogP contribution in [0.3, 0.4) is 0 Å². The molecule has 0 amide bonds. The highest BCUT2D eigenvalue weighted by Gasteiger charge is 2.24. The van der Waals surface area contributed by atoms with Gasteiger partial charge in [-0.1, -0.05) is 281 Å². The topological polar surface area (TPSA) is 156 Å². The van der Waals surface area contributed by atoms with Gasteiger partial charge in [0.1, 0.15) is 66.5 Å². The Morgan fingerprint density at radius 1 is 0.159 bits per heavy atom. The van der Waals surface area contributed by atoms with Crippen LogP contribution in [0.2, 0.25) is 20.1 Å². The molecule has 0 radical (unpaired) electrons. The molecule has 0 N–H and O–H groups in total.